The number of aromatic nitrogens is 2. The smallest absolute Gasteiger partial charge is 0.338 e. The average molecular weight is 433 g/mol. The number of anilines is 1. The van der Waals surface area contributed by atoms with Crippen molar-refractivity contribution in [3.63, 3.8) is 0 Å². The van der Waals surface area contributed by atoms with Crippen LogP contribution in [0.15, 0.2) is 41.9 Å². The van der Waals surface area contributed by atoms with Crippen LogP contribution in [0, 0.1) is 17.8 Å². The number of hydrogen-bond acceptors (Lipinski definition) is 6. The van der Waals surface area contributed by atoms with Crippen molar-refractivity contribution >= 4 is 23.6 Å². The van der Waals surface area contributed by atoms with Crippen LogP contribution in [0.4, 0.5) is 11.4 Å². The summed E-state index contributed by atoms with van der Waals surface area (Å²) in [5.74, 6) is 2.22. The first kappa shape index (κ1) is 21.1. The van der Waals surface area contributed by atoms with Gasteiger partial charge in [0.25, 0.3) is 0 Å². The third-order valence-electron chi connectivity index (χ3n) is 7.00. The molecule has 0 amide bonds. The molecule has 1 heterocycles. The van der Waals surface area contributed by atoms with Crippen molar-refractivity contribution in [2.75, 3.05) is 5.32 Å². The number of aliphatic imine (C=N–C) groups is 1. The minimum absolute atomic E-state index is 0.155. The Hall–Kier alpha value is -2.76. The molecule has 1 aromatic carbocycles. The minimum Gasteiger partial charge on any atom is -0.456 e. The fourth-order valence-electron chi connectivity index (χ4n) is 6.28. The van der Waals surface area contributed by atoms with Crippen LogP contribution in [0.25, 0.3) is 0 Å². The van der Waals surface area contributed by atoms with Crippen LogP contribution in [0.5, 0.6) is 0 Å². The maximum absolute atomic E-state index is 12.7. The van der Waals surface area contributed by atoms with Gasteiger partial charge in [0.15, 0.2) is 0 Å². The summed E-state index contributed by atoms with van der Waals surface area (Å²) in [6.45, 7) is 5.63. The highest BCUT2D eigenvalue weighted by molar-refractivity contribution is 5.93. The van der Waals surface area contributed by atoms with E-state index < -0.39 is 5.60 Å². The predicted molar refractivity (Wildman–Crippen MR) is 125 cm³/mol. The molecule has 0 saturated heterocycles. The minimum atomic E-state index is -0.544. The summed E-state index contributed by atoms with van der Waals surface area (Å²) in [4.78, 5) is 25.6. The molecule has 4 saturated carbocycles. The van der Waals surface area contributed by atoms with Gasteiger partial charge < -0.3 is 10.1 Å². The van der Waals surface area contributed by atoms with Gasteiger partial charge in [-0.25, -0.2) is 14.8 Å². The van der Waals surface area contributed by atoms with E-state index in [2.05, 4.69) is 15.3 Å². The Morgan fingerprint density at radius 3 is 2.31 bits per heavy atom. The first-order valence-electron chi connectivity index (χ1n) is 11.7. The lowest BCUT2D eigenvalue weighted by molar-refractivity contribution is 0.00695. The summed E-state index contributed by atoms with van der Waals surface area (Å²) in [5, 5.41) is 3.91. The number of carbonyl (C=O) groups is 1. The number of carbonyl (C=O) groups excluding carboxylic acids is 1. The molecule has 0 spiro atoms. The molecule has 0 unspecified atom stereocenters. The lowest BCUT2D eigenvalue weighted by Crippen LogP contribution is -2.54. The number of esters is 1. The van der Waals surface area contributed by atoms with E-state index in [1.165, 1.54) is 44.9 Å². The number of rotatable bonds is 5. The van der Waals surface area contributed by atoms with Crippen molar-refractivity contribution in [1.29, 1.82) is 0 Å². The third kappa shape index (κ3) is 4.54. The zero-order valence-corrected chi connectivity index (χ0v) is 19.2. The Morgan fingerprint density at radius 2 is 1.72 bits per heavy atom. The summed E-state index contributed by atoms with van der Waals surface area (Å²) >= 11 is 0. The molecule has 6 rings (SSSR count). The van der Waals surface area contributed by atoms with E-state index in [0.717, 1.165) is 34.7 Å². The van der Waals surface area contributed by atoms with E-state index in [-0.39, 0.29) is 11.5 Å². The topological polar surface area (TPSA) is 76.5 Å². The van der Waals surface area contributed by atoms with Gasteiger partial charge in [0.1, 0.15) is 11.9 Å². The Labute approximate surface area is 189 Å². The van der Waals surface area contributed by atoms with Gasteiger partial charge in [0.2, 0.25) is 0 Å². The molecule has 32 heavy (non-hydrogen) atoms. The van der Waals surface area contributed by atoms with Crippen LogP contribution in [0.3, 0.4) is 0 Å². The molecule has 1 N–H and O–H groups in total. The molecule has 1 aromatic heterocycles. The molecule has 4 fully saturated rings. The molecular weight excluding hydrogens is 400 g/mol. The monoisotopic (exact) mass is 432 g/mol. The molecule has 168 valence electrons. The van der Waals surface area contributed by atoms with Gasteiger partial charge in [-0.05, 0) is 95.2 Å². The van der Waals surface area contributed by atoms with E-state index in [1.807, 2.05) is 39.0 Å². The maximum Gasteiger partial charge on any atom is 0.338 e. The first-order valence-corrected chi connectivity index (χ1v) is 11.7. The summed E-state index contributed by atoms with van der Waals surface area (Å²) < 4.78 is 5.58. The Kier molecular flexibility index (Phi) is 5.26. The SMILES string of the molecule is CC(C)(C)OC(=O)c1ccc(NC23CC4CC(CC(C4)C2)C3)c(N=Cc2cncnc2)c1. The van der Waals surface area contributed by atoms with Gasteiger partial charge in [0.05, 0.1) is 16.9 Å². The third-order valence-corrected chi connectivity index (χ3v) is 7.00. The second-order valence-electron chi connectivity index (χ2n) is 11.0. The van der Waals surface area contributed by atoms with Crippen molar-refractivity contribution in [1.82, 2.24) is 9.97 Å². The van der Waals surface area contributed by atoms with Crippen LogP contribution in [-0.4, -0.2) is 33.3 Å². The standard InChI is InChI=1S/C26H32N4O2/c1-25(2,3)32-24(31)21-4-5-22(23(9-21)29-15-20-13-27-16-28-14-20)30-26-10-17-6-18(11-26)8-19(7-17)12-26/h4-5,9,13-19,30H,6-8,10-12H2,1-3H3. The van der Waals surface area contributed by atoms with Crippen molar-refractivity contribution in [2.24, 2.45) is 22.7 Å². The maximum atomic E-state index is 12.7. The van der Waals surface area contributed by atoms with E-state index in [1.54, 1.807) is 18.6 Å². The quantitative estimate of drug-likeness (QED) is 0.494. The van der Waals surface area contributed by atoms with Gasteiger partial charge in [-0.2, -0.15) is 0 Å². The van der Waals surface area contributed by atoms with Crippen LogP contribution in [-0.2, 0) is 4.74 Å². The fraction of sp³-hybridized carbons (Fsp3) is 0.538. The molecule has 4 bridgehead atoms. The molecule has 6 nitrogen and oxygen atoms in total. The molecule has 0 atom stereocenters. The predicted octanol–water partition coefficient (Wildman–Crippen LogP) is 5.56. The molecule has 2 aromatic rings. The Morgan fingerprint density at radius 1 is 1.09 bits per heavy atom. The number of ether oxygens (including phenoxy) is 1. The van der Waals surface area contributed by atoms with Gasteiger partial charge in [0, 0.05) is 29.7 Å². The second kappa shape index (κ2) is 7.98. The van der Waals surface area contributed by atoms with Gasteiger partial charge in [-0.15, -0.1) is 0 Å². The Balaban J connectivity index is 1.46. The Bertz CT molecular complexity index is 991. The normalized spacial score (nSPS) is 28.8. The molecule has 0 radical (unpaired) electrons. The largest absolute Gasteiger partial charge is 0.456 e. The zero-order chi connectivity index (χ0) is 22.3. The first-order chi connectivity index (χ1) is 15.3. The van der Waals surface area contributed by atoms with Crippen molar-refractivity contribution in [3.8, 4) is 0 Å². The van der Waals surface area contributed by atoms with E-state index >= 15 is 0 Å². The van der Waals surface area contributed by atoms with Gasteiger partial charge in [-0.3, -0.25) is 4.99 Å². The molecule has 0 aliphatic heterocycles. The molecule has 4 aliphatic carbocycles. The summed E-state index contributed by atoms with van der Waals surface area (Å²) in [6, 6.07) is 5.67. The summed E-state index contributed by atoms with van der Waals surface area (Å²) in [6.07, 6.45) is 14.6. The van der Waals surface area contributed by atoms with Crippen molar-refractivity contribution in [3.05, 3.63) is 48.0 Å². The number of nitrogens with zero attached hydrogens (tertiary/aromatic N) is 3. The fourth-order valence-corrected chi connectivity index (χ4v) is 6.28. The number of benzene rings is 1. The number of nitrogens with one attached hydrogen (secondary N) is 1. The lowest BCUT2D eigenvalue weighted by Gasteiger charge is -2.57. The average Bonchev–Trinajstić information content (AvgIpc) is 2.71. The van der Waals surface area contributed by atoms with Crippen molar-refractivity contribution < 1.29 is 9.53 Å². The van der Waals surface area contributed by atoms with Gasteiger partial charge in [-0.1, -0.05) is 0 Å². The van der Waals surface area contributed by atoms with Crippen LogP contribution < -0.4 is 5.32 Å². The summed E-state index contributed by atoms with van der Waals surface area (Å²) in [7, 11) is 0. The molecule has 4 aliphatic rings. The van der Waals surface area contributed by atoms with E-state index in [0.29, 0.717) is 5.56 Å². The highest BCUT2D eigenvalue weighted by Gasteiger charge is 2.51. The van der Waals surface area contributed by atoms with Crippen LogP contribution in [0.1, 0.15) is 75.2 Å². The molecule has 6 heteroatoms. The second-order valence-corrected chi connectivity index (χ2v) is 11.0. The van der Waals surface area contributed by atoms with Gasteiger partial charge >= 0.3 is 5.97 Å². The van der Waals surface area contributed by atoms with E-state index in [4.69, 9.17) is 9.73 Å². The highest BCUT2D eigenvalue weighted by atomic mass is 16.6. The molecular formula is C26H32N4O2. The zero-order valence-electron chi connectivity index (χ0n) is 19.2. The number of hydrogen-bond donors (Lipinski definition) is 1. The van der Waals surface area contributed by atoms with Crippen LogP contribution in [0.2, 0.25) is 0 Å². The van der Waals surface area contributed by atoms with Crippen molar-refractivity contribution in [2.45, 2.75) is 70.4 Å². The summed E-state index contributed by atoms with van der Waals surface area (Å²) in [5.41, 5.74) is 2.66. The van der Waals surface area contributed by atoms with E-state index in [9.17, 15) is 4.79 Å². The van der Waals surface area contributed by atoms with Crippen LogP contribution >= 0.6 is 0 Å². The highest BCUT2D eigenvalue weighted by Crippen LogP contribution is 2.57. The lowest BCUT2D eigenvalue weighted by atomic mass is 9.53.